The Bertz CT molecular complexity index is 802. The molecule has 23 heavy (non-hydrogen) atoms. The van der Waals surface area contributed by atoms with Crippen LogP contribution >= 0.6 is 0 Å². The van der Waals surface area contributed by atoms with Crippen molar-refractivity contribution in [2.75, 3.05) is 32.2 Å². The third-order valence-electron chi connectivity index (χ3n) is 3.62. The van der Waals surface area contributed by atoms with Crippen LogP contribution in [0.2, 0.25) is 0 Å². The zero-order valence-corrected chi connectivity index (χ0v) is 13.4. The molecule has 0 spiro atoms. The van der Waals surface area contributed by atoms with Gasteiger partial charge in [-0.05, 0) is 12.1 Å². The molecule has 0 saturated heterocycles. The summed E-state index contributed by atoms with van der Waals surface area (Å²) in [4.78, 5) is 10.6. The van der Waals surface area contributed by atoms with Crippen molar-refractivity contribution in [2.24, 2.45) is 7.05 Å². The molecule has 2 heterocycles. The first-order valence-corrected chi connectivity index (χ1v) is 7.30. The molecule has 2 aromatic heterocycles. The quantitative estimate of drug-likeness (QED) is 0.692. The van der Waals surface area contributed by atoms with Gasteiger partial charge < -0.3 is 14.4 Å². The molecule has 0 N–H and O–H groups in total. The van der Waals surface area contributed by atoms with Gasteiger partial charge in [0.1, 0.15) is 18.8 Å². The minimum absolute atomic E-state index is 0.516. The number of hydrogen-bond acceptors (Lipinski definition) is 6. The number of benzene rings is 1. The average molecular weight is 313 g/mol. The Balaban J connectivity index is 1.68. The lowest BCUT2D eigenvalue weighted by atomic mass is 10.3. The van der Waals surface area contributed by atoms with E-state index in [1.807, 2.05) is 43.3 Å². The molecule has 1 aromatic carbocycles. The Morgan fingerprint density at radius 3 is 2.74 bits per heavy atom. The molecule has 0 fully saturated rings. The van der Waals surface area contributed by atoms with Gasteiger partial charge in [0.2, 0.25) is 0 Å². The molecular formula is C16H19N5O2. The number of likely N-dealkylation sites (N-methyl/N-ethyl adjacent to an activating group) is 1. The lowest BCUT2D eigenvalue weighted by molar-refractivity contribution is 0.301. The van der Waals surface area contributed by atoms with Gasteiger partial charge in [-0.15, -0.1) is 0 Å². The normalized spacial score (nSPS) is 10.7. The molecule has 0 unspecified atom stereocenters. The average Bonchev–Trinajstić information content (AvgIpc) is 2.96. The fourth-order valence-corrected chi connectivity index (χ4v) is 2.39. The van der Waals surface area contributed by atoms with Crippen LogP contribution in [-0.2, 0) is 7.05 Å². The second-order valence-corrected chi connectivity index (χ2v) is 5.12. The van der Waals surface area contributed by atoms with Crippen LogP contribution < -0.4 is 14.4 Å². The summed E-state index contributed by atoms with van der Waals surface area (Å²) < 4.78 is 12.8. The second-order valence-electron chi connectivity index (χ2n) is 5.12. The third kappa shape index (κ3) is 3.03. The van der Waals surface area contributed by atoms with E-state index in [1.54, 1.807) is 24.3 Å². The van der Waals surface area contributed by atoms with E-state index in [-0.39, 0.29) is 0 Å². The van der Waals surface area contributed by atoms with Crippen LogP contribution in [0.4, 0.5) is 5.82 Å². The lowest BCUT2D eigenvalue weighted by Gasteiger charge is -2.19. The number of methoxy groups -OCH3 is 1. The number of nitrogens with zero attached hydrogens (tertiary/aromatic N) is 5. The molecule has 0 aliphatic heterocycles. The second kappa shape index (κ2) is 6.51. The Morgan fingerprint density at radius 1 is 1.17 bits per heavy atom. The molecule has 7 heteroatoms. The zero-order chi connectivity index (χ0) is 16.2. The first kappa shape index (κ1) is 15.1. The Labute approximate surface area is 134 Å². The highest BCUT2D eigenvalue weighted by Crippen LogP contribution is 2.26. The van der Waals surface area contributed by atoms with Crippen LogP contribution in [0.5, 0.6) is 11.5 Å². The molecule has 3 aromatic rings. The first-order valence-electron chi connectivity index (χ1n) is 7.30. The van der Waals surface area contributed by atoms with Gasteiger partial charge in [0.25, 0.3) is 0 Å². The number of ether oxygens (including phenoxy) is 2. The highest BCUT2D eigenvalue weighted by Gasteiger charge is 2.12. The largest absolute Gasteiger partial charge is 0.493 e. The van der Waals surface area contributed by atoms with E-state index in [1.165, 1.54) is 0 Å². The predicted octanol–water partition coefficient (Wildman–Crippen LogP) is 1.89. The van der Waals surface area contributed by atoms with Crippen molar-refractivity contribution >= 4 is 16.9 Å². The van der Waals surface area contributed by atoms with Gasteiger partial charge in [0.05, 0.1) is 25.2 Å². The van der Waals surface area contributed by atoms with Crippen LogP contribution in [0.3, 0.4) is 0 Å². The van der Waals surface area contributed by atoms with Gasteiger partial charge in [0.15, 0.2) is 17.1 Å². The number of aromatic nitrogens is 4. The summed E-state index contributed by atoms with van der Waals surface area (Å²) in [6.07, 6.45) is 3.33. The van der Waals surface area contributed by atoms with E-state index in [9.17, 15) is 0 Å². The van der Waals surface area contributed by atoms with Crippen molar-refractivity contribution in [3.05, 3.63) is 36.8 Å². The van der Waals surface area contributed by atoms with Gasteiger partial charge in [0, 0.05) is 14.1 Å². The number of rotatable bonds is 6. The summed E-state index contributed by atoms with van der Waals surface area (Å²) in [7, 11) is 5.47. The van der Waals surface area contributed by atoms with Crippen molar-refractivity contribution in [3.63, 3.8) is 0 Å². The van der Waals surface area contributed by atoms with E-state index in [0.717, 1.165) is 28.4 Å². The van der Waals surface area contributed by atoms with E-state index in [2.05, 4.69) is 15.1 Å². The fourth-order valence-electron chi connectivity index (χ4n) is 2.39. The molecule has 0 bridgehead atoms. The number of anilines is 1. The molecule has 120 valence electrons. The molecule has 0 amide bonds. The SMILES string of the molecule is COc1ccccc1OCCN(C)c1ncnc2c1cnn2C. The molecule has 0 aliphatic carbocycles. The van der Waals surface area contributed by atoms with Crippen LogP contribution in [0.15, 0.2) is 36.8 Å². The zero-order valence-electron chi connectivity index (χ0n) is 13.4. The summed E-state index contributed by atoms with van der Waals surface area (Å²) in [6, 6.07) is 7.61. The van der Waals surface area contributed by atoms with Gasteiger partial charge in [-0.25, -0.2) is 9.97 Å². The van der Waals surface area contributed by atoms with Crippen molar-refractivity contribution in [2.45, 2.75) is 0 Å². The molecule has 0 atom stereocenters. The summed E-state index contributed by atoms with van der Waals surface area (Å²) in [5.41, 5.74) is 0.812. The summed E-state index contributed by atoms with van der Waals surface area (Å²) in [5, 5.41) is 5.15. The van der Waals surface area contributed by atoms with Crippen LogP contribution in [0.1, 0.15) is 0 Å². The summed E-state index contributed by atoms with van der Waals surface area (Å²) in [5.74, 6) is 2.30. The van der Waals surface area contributed by atoms with Gasteiger partial charge in [-0.3, -0.25) is 4.68 Å². The molecule has 3 rings (SSSR count). The Kier molecular flexibility index (Phi) is 4.27. The van der Waals surface area contributed by atoms with Crippen molar-refractivity contribution < 1.29 is 9.47 Å². The molecule has 7 nitrogen and oxygen atoms in total. The molecule has 0 aliphatic rings. The summed E-state index contributed by atoms with van der Waals surface area (Å²) >= 11 is 0. The molecule has 0 radical (unpaired) electrons. The molecule has 0 saturated carbocycles. The third-order valence-corrected chi connectivity index (χ3v) is 3.62. The minimum atomic E-state index is 0.516. The minimum Gasteiger partial charge on any atom is -0.493 e. The van der Waals surface area contributed by atoms with Gasteiger partial charge >= 0.3 is 0 Å². The van der Waals surface area contributed by atoms with Crippen LogP contribution in [-0.4, -0.2) is 47.1 Å². The van der Waals surface area contributed by atoms with Gasteiger partial charge in [-0.2, -0.15) is 5.10 Å². The number of fused-ring (bicyclic) bond motifs is 1. The van der Waals surface area contributed by atoms with E-state index in [0.29, 0.717) is 13.2 Å². The smallest absolute Gasteiger partial charge is 0.163 e. The van der Waals surface area contributed by atoms with Crippen molar-refractivity contribution in [1.82, 2.24) is 19.7 Å². The first-order chi connectivity index (χ1) is 11.2. The summed E-state index contributed by atoms with van der Waals surface area (Å²) in [6.45, 7) is 1.20. The lowest BCUT2D eigenvalue weighted by Crippen LogP contribution is -2.25. The van der Waals surface area contributed by atoms with E-state index < -0.39 is 0 Å². The van der Waals surface area contributed by atoms with Crippen LogP contribution in [0.25, 0.3) is 11.0 Å². The van der Waals surface area contributed by atoms with Crippen molar-refractivity contribution in [1.29, 1.82) is 0 Å². The van der Waals surface area contributed by atoms with E-state index >= 15 is 0 Å². The Morgan fingerprint density at radius 2 is 1.96 bits per heavy atom. The highest BCUT2D eigenvalue weighted by molar-refractivity contribution is 5.86. The monoisotopic (exact) mass is 313 g/mol. The highest BCUT2D eigenvalue weighted by atomic mass is 16.5. The van der Waals surface area contributed by atoms with Crippen LogP contribution in [0, 0.1) is 0 Å². The molecular weight excluding hydrogens is 294 g/mol. The number of para-hydroxylation sites is 2. The maximum Gasteiger partial charge on any atom is 0.163 e. The maximum atomic E-state index is 5.81. The Hall–Kier alpha value is -2.83. The predicted molar refractivity (Wildman–Crippen MR) is 88.1 cm³/mol. The van der Waals surface area contributed by atoms with Crippen molar-refractivity contribution in [3.8, 4) is 11.5 Å². The standard InChI is InChI=1S/C16H19N5O2/c1-20(8-9-23-14-7-5-4-6-13(14)22-3)15-12-10-19-21(2)16(12)18-11-17-15/h4-7,10-11H,8-9H2,1-3H3. The number of aryl methyl sites for hydroxylation is 1. The fraction of sp³-hybridized carbons (Fsp3) is 0.312. The topological polar surface area (TPSA) is 65.3 Å². The number of hydrogen-bond donors (Lipinski definition) is 0. The van der Waals surface area contributed by atoms with E-state index in [4.69, 9.17) is 9.47 Å². The van der Waals surface area contributed by atoms with Gasteiger partial charge in [-0.1, -0.05) is 12.1 Å². The maximum absolute atomic E-state index is 5.81.